The molecule has 0 saturated carbocycles. The Labute approximate surface area is 97.9 Å². The molecule has 17 heavy (non-hydrogen) atoms. The van der Waals surface area contributed by atoms with E-state index >= 15 is 0 Å². The van der Waals surface area contributed by atoms with Gasteiger partial charge in [-0.05, 0) is 25.0 Å². The van der Waals surface area contributed by atoms with Crippen LogP contribution in [-0.2, 0) is 4.84 Å². The molecule has 0 unspecified atom stereocenters. The van der Waals surface area contributed by atoms with Crippen LogP contribution >= 0.6 is 0 Å². The molecule has 92 valence electrons. The van der Waals surface area contributed by atoms with E-state index in [1.54, 1.807) is 18.3 Å². The van der Waals surface area contributed by atoms with Gasteiger partial charge in [0.1, 0.15) is 0 Å². The van der Waals surface area contributed by atoms with Crippen molar-refractivity contribution < 1.29 is 14.7 Å². The number of carbonyl (C=O) groups is 1. The molecule has 0 atom stereocenters. The summed E-state index contributed by atoms with van der Waals surface area (Å²) < 4.78 is 0. The molecule has 0 aliphatic rings. The van der Waals surface area contributed by atoms with E-state index in [2.05, 4.69) is 15.1 Å². The normalized spacial score (nSPS) is 9.65. The van der Waals surface area contributed by atoms with Gasteiger partial charge >= 0.3 is 0 Å². The van der Waals surface area contributed by atoms with E-state index in [4.69, 9.17) is 0 Å². The molecule has 1 amide bonds. The number of carbonyl (C=O) groups excluding carboxylic acids is 1. The number of nitrogens with one attached hydrogen (secondary N) is 1. The molecule has 1 rings (SSSR count). The minimum Gasteiger partial charge on any atom is -0.352 e. The lowest BCUT2D eigenvalue weighted by Gasteiger charge is -2.04. The molecule has 0 fully saturated rings. The molecule has 0 saturated heterocycles. The van der Waals surface area contributed by atoms with Gasteiger partial charge in [-0.25, -0.2) is 0 Å². The molecule has 1 aromatic rings. The number of rotatable bonds is 7. The molecule has 0 radical (unpaired) electrons. The monoisotopic (exact) mass is 239 g/mol. The zero-order chi connectivity index (χ0) is 12.5. The Hall–Kier alpha value is -2.18. The largest absolute Gasteiger partial charge is 0.352 e. The van der Waals surface area contributed by atoms with Gasteiger partial charge in [-0.2, -0.15) is 0 Å². The number of unbranched alkanes of at least 4 members (excludes halogenated alkanes) is 1. The van der Waals surface area contributed by atoms with Gasteiger partial charge < -0.3 is 10.2 Å². The third-order valence-electron chi connectivity index (χ3n) is 1.98. The van der Waals surface area contributed by atoms with Crippen molar-refractivity contribution in [2.45, 2.75) is 12.8 Å². The predicted molar refractivity (Wildman–Crippen MR) is 58.8 cm³/mol. The Balaban J connectivity index is 2.11. The Morgan fingerprint density at radius 1 is 1.53 bits per heavy atom. The van der Waals surface area contributed by atoms with Crippen LogP contribution in [0.2, 0.25) is 0 Å². The van der Waals surface area contributed by atoms with Crippen LogP contribution in [0.1, 0.15) is 23.2 Å². The van der Waals surface area contributed by atoms with Gasteiger partial charge in [0.2, 0.25) is 0 Å². The first kappa shape index (κ1) is 12.9. The number of pyridine rings is 1. The zero-order valence-electron chi connectivity index (χ0n) is 9.17. The molecule has 7 heteroatoms. The average Bonchev–Trinajstić information content (AvgIpc) is 2.34. The van der Waals surface area contributed by atoms with Crippen molar-refractivity contribution in [2.75, 3.05) is 13.2 Å². The Morgan fingerprint density at radius 3 is 3.00 bits per heavy atom. The molecule has 0 aliphatic heterocycles. The highest BCUT2D eigenvalue weighted by molar-refractivity contribution is 5.93. The van der Waals surface area contributed by atoms with E-state index in [9.17, 15) is 14.9 Å². The van der Waals surface area contributed by atoms with Crippen LogP contribution in [0.25, 0.3) is 0 Å². The summed E-state index contributed by atoms with van der Waals surface area (Å²) in [6.07, 6.45) is 4.21. The number of nitrogens with zero attached hydrogens (tertiary/aromatic N) is 2. The summed E-state index contributed by atoms with van der Waals surface area (Å²) in [5.41, 5.74) is 0.494. The van der Waals surface area contributed by atoms with Gasteiger partial charge in [-0.3, -0.25) is 9.78 Å². The lowest BCUT2D eigenvalue weighted by molar-refractivity contribution is -0.757. The quantitative estimate of drug-likeness (QED) is 0.431. The van der Waals surface area contributed by atoms with Gasteiger partial charge in [0.15, 0.2) is 0 Å². The summed E-state index contributed by atoms with van der Waals surface area (Å²) in [5, 5.41) is 11.7. The number of hydrogen-bond acceptors (Lipinski definition) is 5. The van der Waals surface area contributed by atoms with E-state index in [0.717, 1.165) is 0 Å². The molecule has 0 aromatic carbocycles. The molecule has 0 spiro atoms. The molecule has 1 aromatic heterocycles. The fourth-order valence-corrected chi connectivity index (χ4v) is 1.17. The van der Waals surface area contributed by atoms with Crippen molar-refractivity contribution in [3.63, 3.8) is 0 Å². The van der Waals surface area contributed by atoms with Gasteiger partial charge in [-0.15, -0.1) is 10.1 Å². The van der Waals surface area contributed by atoms with Crippen LogP contribution in [0.5, 0.6) is 0 Å². The van der Waals surface area contributed by atoms with Crippen molar-refractivity contribution >= 4 is 5.91 Å². The topological polar surface area (TPSA) is 94.4 Å². The first-order chi connectivity index (χ1) is 8.20. The summed E-state index contributed by atoms with van der Waals surface area (Å²) in [6, 6.07) is 3.35. The second-order valence-corrected chi connectivity index (χ2v) is 3.26. The first-order valence-electron chi connectivity index (χ1n) is 5.15. The van der Waals surface area contributed by atoms with Crippen LogP contribution in [0.3, 0.4) is 0 Å². The number of aromatic nitrogens is 1. The number of amides is 1. The Morgan fingerprint density at radius 2 is 2.35 bits per heavy atom. The molecule has 0 bridgehead atoms. The smallest absolute Gasteiger partial charge is 0.294 e. The van der Waals surface area contributed by atoms with E-state index in [-0.39, 0.29) is 12.5 Å². The van der Waals surface area contributed by atoms with Crippen LogP contribution in [-0.4, -0.2) is 29.1 Å². The summed E-state index contributed by atoms with van der Waals surface area (Å²) in [5.74, 6) is -0.201. The van der Waals surface area contributed by atoms with Crippen LogP contribution < -0.4 is 5.32 Å². The Kier molecular flexibility index (Phi) is 5.42. The summed E-state index contributed by atoms with van der Waals surface area (Å²) >= 11 is 0. The van der Waals surface area contributed by atoms with Crippen LogP contribution in [0.4, 0.5) is 0 Å². The predicted octanol–water partition coefficient (Wildman–Crippen LogP) is 0.800. The van der Waals surface area contributed by atoms with Gasteiger partial charge in [0.05, 0.1) is 12.2 Å². The Bertz CT molecular complexity index is 369. The highest BCUT2D eigenvalue weighted by atomic mass is 16.9. The molecule has 7 nitrogen and oxygen atoms in total. The van der Waals surface area contributed by atoms with Crippen molar-refractivity contribution in [3.8, 4) is 0 Å². The molecule has 1 N–H and O–H groups in total. The van der Waals surface area contributed by atoms with Crippen LogP contribution in [0, 0.1) is 10.1 Å². The molecular formula is C10H13N3O4. The maximum atomic E-state index is 11.5. The molecule has 1 heterocycles. The molecular weight excluding hydrogens is 226 g/mol. The lowest BCUT2D eigenvalue weighted by atomic mass is 10.2. The maximum absolute atomic E-state index is 11.5. The summed E-state index contributed by atoms with van der Waals surface area (Å²) in [7, 11) is 0. The second-order valence-electron chi connectivity index (χ2n) is 3.26. The fourth-order valence-electron chi connectivity index (χ4n) is 1.17. The van der Waals surface area contributed by atoms with E-state index in [1.165, 1.54) is 6.20 Å². The molecule has 0 aliphatic carbocycles. The third-order valence-corrected chi connectivity index (χ3v) is 1.98. The average molecular weight is 239 g/mol. The summed E-state index contributed by atoms with van der Waals surface area (Å²) in [6.45, 7) is 0.505. The first-order valence-corrected chi connectivity index (χ1v) is 5.15. The third kappa shape index (κ3) is 5.45. The lowest BCUT2D eigenvalue weighted by Crippen LogP contribution is -2.24. The van der Waals surface area contributed by atoms with E-state index < -0.39 is 5.09 Å². The van der Waals surface area contributed by atoms with Crippen LogP contribution in [0.15, 0.2) is 24.5 Å². The standard InChI is InChI=1S/C10H13N3O4/c14-10(9-4-3-5-11-8-9)12-6-1-2-7-17-13(15)16/h3-5,8H,1-2,6-7H2,(H,12,14). The number of hydrogen-bond donors (Lipinski definition) is 1. The fraction of sp³-hybridized carbons (Fsp3) is 0.400. The van der Waals surface area contributed by atoms with E-state index in [0.29, 0.717) is 24.9 Å². The van der Waals surface area contributed by atoms with Gasteiger partial charge in [-0.1, -0.05) is 0 Å². The van der Waals surface area contributed by atoms with Gasteiger partial charge in [0, 0.05) is 18.9 Å². The van der Waals surface area contributed by atoms with Gasteiger partial charge in [0.25, 0.3) is 11.0 Å². The zero-order valence-corrected chi connectivity index (χ0v) is 9.17. The van der Waals surface area contributed by atoms with Crippen molar-refractivity contribution in [3.05, 3.63) is 40.2 Å². The highest BCUT2D eigenvalue weighted by Gasteiger charge is 2.03. The minimum absolute atomic E-state index is 0.0514. The van der Waals surface area contributed by atoms with Crippen molar-refractivity contribution in [1.82, 2.24) is 10.3 Å². The maximum Gasteiger partial charge on any atom is 0.294 e. The summed E-state index contributed by atoms with van der Waals surface area (Å²) in [4.78, 5) is 29.3. The SMILES string of the molecule is O=C(NCCCCO[N+](=O)[O-])c1cccnc1. The van der Waals surface area contributed by atoms with Crippen molar-refractivity contribution in [1.29, 1.82) is 0 Å². The van der Waals surface area contributed by atoms with Crippen molar-refractivity contribution in [2.24, 2.45) is 0 Å². The minimum atomic E-state index is -0.825. The van der Waals surface area contributed by atoms with E-state index in [1.807, 2.05) is 0 Å². The highest BCUT2D eigenvalue weighted by Crippen LogP contribution is 1.95. The second kappa shape index (κ2) is 7.15.